The Balaban J connectivity index is 2.38. The largest absolute Gasteiger partial charge is 0.324 e. The van der Waals surface area contributed by atoms with Crippen LogP contribution in [0.4, 0.5) is 0 Å². The minimum atomic E-state index is -0.757. The Morgan fingerprint density at radius 1 is 1.44 bits per heavy atom. The molecule has 0 aliphatic heterocycles. The number of rotatable bonds is 5. The van der Waals surface area contributed by atoms with E-state index < -0.39 is 10.8 Å². The highest BCUT2D eigenvalue weighted by Gasteiger charge is 2.15. The fourth-order valence-corrected chi connectivity index (χ4v) is 3.01. The zero-order valence-electron chi connectivity index (χ0n) is 10.6. The van der Waals surface area contributed by atoms with Crippen LogP contribution in [0.1, 0.15) is 25.2 Å². The molecule has 1 aromatic carbocycles. The lowest BCUT2D eigenvalue weighted by Gasteiger charge is -2.16. The number of para-hydroxylation sites is 2. The van der Waals surface area contributed by atoms with Crippen molar-refractivity contribution in [2.75, 3.05) is 12.0 Å². The topological polar surface area (TPSA) is 34.9 Å². The van der Waals surface area contributed by atoms with Gasteiger partial charge >= 0.3 is 0 Å². The average Bonchev–Trinajstić information content (AvgIpc) is 2.74. The molecule has 0 aliphatic rings. The van der Waals surface area contributed by atoms with Crippen LogP contribution in [-0.4, -0.2) is 25.8 Å². The minimum absolute atomic E-state index is 0.259. The van der Waals surface area contributed by atoms with Crippen LogP contribution in [0.3, 0.4) is 0 Å². The molecule has 98 valence electrons. The quantitative estimate of drug-likeness (QED) is 0.791. The van der Waals surface area contributed by atoms with Gasteiger partial charge in [-0.3, -0.25) is 4.21 Å². The Bertz CT molecular complexity index is 567. The Labute approximate surface area is 115 Å². The molecule has 0 radical (unpaired) electrons. The number of aromatic nitrogens is 2. The molecule has 0 amide bonds. The van der Waals surface area contributed by atoms with Crippen LogP contribution in [0.25, 0.3) is 11.0 Å². The normalized spacial score (nSPS) is 14.8. The van der Waals surface area contributed by atoms with E-state index in [9.17, 15) is 4.21 Å². The molecule has 0 fully saturated rings. The van der Waals surface area contributed by atoms with Gasteiger partial charge in [-0.15, -0.1) is 11.6 Å². The van der Waals surface area contributed by atoms with Gasteiger partial charge in [-0.2, -0.15) is 0 Å². The molecule has 3 nitrogen and oxygen atoms in total. The summed E-state index contributed by atoms with van der Waals surface area (Å²) in [6.45, 7) is 2.12. The van der Waals surface area contributed by atoms with Crippen LogP contribution in [-0.2, 0) is 16.7 Å². The molecule has 2 aromatic rings. The number of imidazole rings is 1. The third-order valence-corrected chi connectivity index (χ3v) is 4.10. The highest BCUT2D eigenvalue weighted by molar-refractivity contribution is 7.84. The second-order valence-electron chi connectivity index (χ2n) is 4.44. The molecule has 0 aliphatic carbocycles. The van der Waals surface area contributed by atoms with Gasteiger partial charge in [0.05, 0.1) is 16.9 Å². The fourth-order valence-electron chi connectivity index (χ4n) is 2.15. The Morgan fingerprint density at radius 3 is 2.83 bits per heavy atom. The molecule has 2 unspecified atom stereocenters. The first kappa shape index (κ1) is 13.6. The van der Waals surface area contributed by atoms with E-state index in [1.54, 1.807) is 6.26 Å². The van der Waals surface area contributed by atoms with Crippen molar-refractivity contribution in [1.82, 2.24) is 9.55 Å². The van der Waals surface area contributed by atoms with Crippen LogP contribution in [0.15, 0.2) is 24.3 Å². The number of hydrogen-bond donors (Lipinski definition) is 0. The van der Waals surface area contributed by atoms with Gasteiger partial charge in [0.15, 0.2) is 0 Å². The maximum atomic E-state index is 11.2. The summed E-state index contributed by atoms with van der Waals surface area (Å²) < 4.78 is 13.4. The van der Waals surface area contributed by atoms with Gasteiger partial charge in [0.1, 0.15) is 5.82 Å². The minimum Gasteiger partial charge on any atom is -0.324 e. The van der Waals surface area contributed by atoms with E-state index in [1.807, 2.05) is 18.2 Å². The van der Waals surface area contributed by atoms with Crippen molar-refractivity contribution < 1.29 is 4.21 Å². The number of alkyl halides is 1. The lowest BCUT2D eigenvalue weighted by Crippen LogP contribution is -2.11. The van der Waals surface area contributed by atoms with Crippen LogP contribution < -0.4 is 0 Å². The molecule has 0 bridgehead atoms. The second-order valence-corrected chi connectivity index (χ2v) is 6.26. The Hall–Kier alpha value is -0.870. The van der Waals surface area contributed by atoms with E-state index in [4.69, 9.17) is 11.6 Å². The zero-order chi connectivity index (χ0) is 13.1. The molecule has 2 rings (SSSR count). The lowest BCUT2D eigenvalue weighted by molar-refractivity contribution is 0.531. The van der Waals surface area contributed by atoms with Crippen LogP contribution in [0.5, 0.6) is 0 Å². The Morgan fingerprint density at radius 2 is 2.17 bits per heavy atom. The summed E-state index contributed by atoms with van der Waals surface area (Å²) in [7, 11) is -0.757. The molecular formula is C13H17ClN2OS. The second kappa shape index (κ2) is 5.85. The maximum Gasteiger partial charge on any atom is 0.125 e. The number of nitrogens with zero attached hydrogens (tertiary/aromatic N) is 2. The smallest absolute Gasteiger partial charge is 0.125 e. The lowest BCUT2D eigenvalue weighted by atomic mass is 10.2. The summed E-state index contributed by atoms with van der Waals surface area (Å²) in [6, 6.07) is 8.28. The van der Waals surface area contributed by atoms with Gasteiger partial charge in [-0.05, 0) is 25.5 Å². The highest BCUT2D eigenvalue weighted by Crippen LogP contribution is 2.24. The predicted octanol–water partition coefficient (Wildman–Crippen LogP) is 3.10. The molecule has 0 spiro atoms. The zero-order valence-corrected chi connectivity index (χ0v) is 12.2. The first-order chi connectivity index (χ1) is 8.63. The standard InChI is InChI=1S/C13H17ClN2OS/c1-10(7-8-18(2)17)16-12-6-4-3-5-11(12)15-13(16)9-14/h3-6,10H,7-9H2,1-2H3. The van der Waals surface area contributed by atoms with Crippen molar-refractivity contribution >= 4 is 33.4 Å². The van der Waals surface area contributed by atoms with Crippen molar-refractivity contribution in [2.24, 2.45) is 0 Å². The maximum absolute atomic E-state index is 11.2. The van der Waals surface area contributed by atoms with E-state index in [0.29, 0.717) is 11.6 Å². The van der Waals surface area contributed by atoms with E-state index >= 15 is 0 Å². The first-order valence-corrected chi connectivity index (χ1v) is 8.21. The summed E-state index contributed by atoms with van der Waals surface area (Å²) in [4.78, 5) is 4.53. The molecule has 5 heteroatoms. The third kappa shape index (κ3) is 2.75. The summed E-state index contributed by atoms with van der Waals surface area (Å²) in [5, 5.41) is 0. The van der Waals surface area contributed by atoms with Gasteiger partial charge in [-0.25, -0.2) is 4.98 Å². The summed E-state index contributed by atoms with van der Waals surface area (Å²) in [5.41, 5.74) is 2.07. The molecule has 1 heterocycles. The van der Waals surface area contributed by atoms with Crippen molar-refractivity contribution in [3.05, 3.63) is 30.1 Å². The van der Waals surface area contributed by atoms with Crippen LogP contribution in [0.2, 0.25) is 0 Å². The summed E-state index contributed by atoms with van der Waals surface area (Å²) >= 11 is 5.97. The summed E-state index contributed by atoms with van der Waals surface area (Å²) in [5.74, 6) is 1.98. The molecule has 18 heavy (non-hydrogen) atoms. The fraction of sp³-hybridized carbons (Fsp3) is 0.462. The highest BCUT2D eigenvalue weighted by atomic mass is 35.5. The summed E-state index contributed by atoms with van der Waals surface area (Å²) in [6.07, 6.45) is 2.61. The van der Waals surface area contributed by atoms with Gasteiger partial charge in [0, 0.05) is 28.9 Å². The molecule has 0 saturated heterocycles. The van der Waals surface area contributed by atoms with Gasteiger partial charge < -0.3 is 4.57 Å². The monoisotopic (exact) mass is 284 g/mol. The molecule has 0 saturated carbocycles. The number of fused-ring (bicyclic) bond motifs is 1. The molecule has 0 N–H and O–H groups in total. The Kier molecular flexibility index (Phi) is 4.40. The number of benzene rings is 1. The third-order valence-electron chi connectivity index (χ3n) is 3.05. The molecular weight excluding hydrogens is 268 g/mol. The van der Waals surface area contributed by atoms with Gasteiger partial charge in [-0.1, -0.05) is 12.1 Å². The van der Waals surface area contributed by atoms with Crippen molar-refractivity contribution in [3.63, 3.8) is 0 Å². The number of hydrogen-bond acceptors (Lipinski definition) is 2. The molecule has 2 atom stereocenters. The predicted molar refractivity (Wildman–Crippen MR) is 77.6 cm³/mol. The van der Waals surface area contributed by atoms with Crippen LogP contribution in [0, 0.1) is 0 Å². The average molecular weight is 285 g/mol. The van der Waals surface area contributed by atoms with Gasteiger partial charge in [0.25, 0.3) is 0 Å². The molecule has 1 aromatic heterocycles. The van der Waals surface area contributed by atoms with E-state index in [1.165, 1.54) is 0 Å². The van der Waals surface area contributed by atoms with Crippen LogP contribution >= 0.6 is 11.6 Å². The van der Waals surface area contributed by atoms with Gasteiger partial charge in [0.2, 0.25) is 0 Å². The van der Waals surface area contributed by atoms with E-state index in [-0.39, 0.29) is 6.04 Å². The van der Waals surface area contributed by atoms with E-state index in [0.717, 1.165) is 23.3 Å². The van der Waals surface area contributed by atoms with Crippen molar-refractivity contribution in [3.8, 4) is 0 Å². The number of halogens is 1. The van der Waals surface area contributed by atoms with Crippen molar-refractivity contribution in [1.29, 1.82) is 0 Å². The van der Waals surface area contributed by atoms with Crippen molar-refractivity contribution in [2.45, 2.75) is 25.3 Å². The van der Waals surface area contributed by atoms with E-state index in [2.05, 4.69) is 22.5 Å². The SMILES string of the molecule is CC(CCS(C)=O)n1c(CCl)nc2ccccc21. The first-order valence-electron chi connectivity index (χ1n) is 5.95.